The zero-order chi connectivity index (χ0) is 14.7. The predicted molar refractivity (Wildman–Crippen MR) is 74.2 cm³/mol. The van der Waals surface area contributed by atoms with E-state index in [1.807, 2.05) is 13.8 Å². The average molecular weight is 289 g/mol. The monoisotopic (exact) mass is 289 g/mol. The van der Waals surface area contributed by atoms with Crippen molar-refractivity contribution in [1.82, 2.24) is 4.90 Å². The van der Waals surface area contributed by atoms with Crippen LogP contribution in [-0.4, -0.2) is 50.2 Å². The summed E-state index contributed by atoms with van der Waals surface area (Å²) in [4.78, 5) is 25.0. The van der Waals surface area contributed by atoms with Crippen LogP contribution in [-0.2, 0) is 20.4 Å². The van der Waals surface area contributed by atoms with Gasteiger partial charge >= 0.3 is 5.97 Å². The van der Waals surface area contributed by atoms with Crippen molar-refractivity contribution in [3.8, 4) is 0 Å². The number of nitrogens with zero attached hydrogens (tertiary/aromatic N) is 1. The number of carbonyl (C=O) groups excluding carboxylic acids is 1. The number of aliphatic carboxylic acids is 1. The van der Waals surface area contributed by atoms with Crippen molar-refractivity contribution in [2.45, 2.75) is 44.9 Å². The highest BCUT2D eigenvalue weighted by atomic mass is 32.2. The fourth-order valence-corrected chi connectivity index (χ4v) is 3.12. The highest BCUT2D eigenvalue weighted by molar-refractivity contribution is 7.84. The highest BCUT2D eigenvalue weighted by Gasteiger charge is 2.41. The minimum atomic E-state index is -0.916. The second-order valence-corrected chi connectivity index (χ2v) is 7.27. The van der Waals surface area contributed by atoms with E-state index in [1.165, 1.54) is 0 Å². The van der Waals surface area contributed by atoms with Crippen LogP contribution in [0.3, 0.4) is 0 Å². The molecule has 5 unspecified atom stereocenters. The summed E-state index contributed by atoms with van der Waals surface area (Å²) < 4.78 is 11.3. The van der Waals surface area contributed by atoms with Gasteiger partial charge in [-0.25, -0.2) is 0 Å². The molecule has 19 heavy (non-hydrogen) atoms. The second-order valence-electron chi connectivity index (χ2n) is 5.47. The number of carboxylic acids is 1. The molecule has 1 amide bonds. The number of amides is 1. The molecule has 1 saturated heterocycles. The molecule has 1 rings (SSSR count). The van der Waals surface area contributed by atoms with Crippen LogP contribution in [0.25, 0.3) is 0 Å². The maximum absolute atomic E-state index is 12.0. The van der Waals surface area contributed by atoms with Gasteiger partial charge in [-0.05, 0) is 19.3 Å². The summed E-state index contributed by atoms with van der Waals surface area (Å²) in [5.41, 5.74) is 0. The molecular weight excluding hydrogens is 266 g/mol. The van der Waals surface area contributed by atoms with Crippen molar-refractivity contribution in [2.75, 3.05) is 12.8 Å². The molecule has 0 aromatic rings. The largest absolute Gasteiger partial charge is 0.481 e. The number of rotatable bonds is 5. The Labute approximate surface area is 116 Å². The first-order valence-electron chi connectivity index (χ1n) is 6.60. The Bertz CT molecular complexity index is 385. The molecule has 0 aliphatic carbocycles. The van der Waals surface area contributed by atoms with Gasteiger partial charge in [-0.2, -0.15) is 0 Å². The zero-order valence-corrected chi connectivity index (χ0v) is 12.8. The van der Waals surface area contributed by atoms with E-state index in [-0.39, 0.29) is 29.5 Å². The standard InChI is InChI=1S/C13H23NO4S/c1-8-7-11(15)14(6-5-9(2)19(4)18)10(3)12(8)13(16)17/h8-10,12H,5-7H2,1-4H3,(H,16,17). The number of carbonyl (C=O) groups is 2. The van der Waals surface area contributed by atoms with Gasteiger partial charge in [-0.3, -0.25) is 13.8 Å². The van der Waals surface area contributed by atoms with Gasteiger partial charge in [0.25, 0.3) is 0 Å². The first-order valence-corrected chi connectivity index (χ1v) is 8.22. The van der Waals surface area contributed by atoms with E-state index in [0.29, 0.717) is 13.0 Å². The Hall–Kier alpha value is -0.910. The number of likely N-dealkylation sites (tertiary alicyclic amines) is 1. The second kappa shape index (κ2) is 6.50. The average Bonchev–Trinajstić information content (AvgIpc) is 2.26. The third kappa shape index (κ3) is 3.78. The molecular formula is C13H23NO4S. The molecule has 0 aromatic heterocycles. The fraction of sp³-hybridized carbons (Fsp3) is 0.846. The van der Waals surface area contributed by atoms with Crippen molar-refractivity contribution < 1.29 is 18.9 Å². The van der Waals surface area contributed by atoms with Crippen LogP contribution in [0.5, 0.6) is 0 Å². The van der Waals surface area contributed by atoms with E-state index in [0.717, 1.165) is 0 Å². The molecule has 0 saturated carbocycles. The molecule has 1 heterocycles. The summed E-state index contributed by atoms with van der Waals surface area (Å²) in [6, 6.07) is -0.300. The Balaban J connectivity index is 2.73. The number of piperidine rings is 1. The van der Waals surface area contributed by atoms with Gasteiger partial charge in [0, 0.05) is 41.3 Å². The third-order valence-electron chi connectivity index (χ3n) is 4.07. The maximum Gasteiger partial charge on any atom is 0.308 e. The molecule has 0 radical (unpaired) electrons. The summed E-state index contributed by atoms with van der Waals surface area (Å²) in [7, 11) is -0.916. The van der Waals surface area contributed by atoms with E-state index >= 15 is 0 Å². The summed E-state index contributed by atoms with van der Waals surface area (Å²) in [5.74, 6) is -1.48. The van der Waals surface area contributed by atoms with E-state index < -0.39 is 22.7 Å². The number of carboxylic acid groups (broad SMARTS) is 1. The van der Waals surface area contributed by atoms with E-state index in [1.54, 1.807) is 18.1 Å². The molecule has 1 aliphatic heterocycles. The summed E-state index contributed by atoms with van der Waals surface area (Å²) in [6.07, 6.45) is 2.57. The normalized spacial score (nSPS) is 31.1. The van der Waals surface area contributed by atoms with Crippen LogP contribution in [0.1, 0.15) is 33.6 Å². The zero-order valence-electron chi connectivity index (χ0n) is 12.0. The van der Waals surface area contributed by atoms with Crippen LogP contribution in [0, 0.1) is 11.8 Å². The summed E-state index contributed by atoms with van der Waals surface area (Å²) in [5, 5.41) is 9.28. The van der Waals surface area contributed by atoms with Gasteiger partial charge in [0.1, 0.15) is 0 Å². The summed E-state index contributed by atoms with van der Waals surface area (Å²) >= 11 is 0. The molecule has 0 spiro atoms. The number of hydrogen-bond donors (Lipinski definition) is 1. The lowest BCUT2D eigenvalue weighted by molar-refractivity contribution is -0.154. The Morgan fingerprint density at radius 2 is 2.11 bits per heavy atom. The van der Waals surface area contributed by atoms with Gasteiger partial charge in [0.05, 0.1) is 5.92 Å². The van der Waals surface area contributed by atoms with Crippen molar-refractivity contribution in [3.05, 3.63) is 0 Å². The van der Waals surface area contributed by atoms with E-state index in [9.17, 15) is 18.9 Å². The van der Waals surface area contributed by atoms with Crippen molar-refractivity contribution in [2.24, 2.45) is 11.8 Å². The SMILES string of the molecule is CC1CC(=O)N(CCC(C)S(C)=O)C(C)C1C(=O)O. The Kier molecular flexibility index (Phi) is 5.52. The first-order chi connectivity index (χ1) is 8.75. The first kappa shape index (κ1) is 16.1. The molecule has 0 bridgehead atoms. The predicted octanol–water partition coefficient (Wildman–Crippen LogP) is 1.10. The van der Waals surface area contributed by atoms with Gasteiger partial charge in [-0.1, -0.05) is 13.8 Å². The van der Waals surface area contributed by atoms with Crippen LogP contribution in [0.15, 0.2) is 0 Å². The molecule has 110 valence electrons. The highest BCUT2D eigenvalue weighted by Crippen LogP contribution is 2.30. The molecule has 1 aliphatic rings. The Morgan fingerprint density at radius 1 is 1.53 bits per heavy atom. The Morgan fingerprint density at radius 3 is 2.58 bits per heavy atom. The van der Waals surface area contributed by atoms with Crippen molar-refractivity contribution in [3.63, 3.8) is 0 Å². The molecule has 1 N–H and O–H groups in total. The molecule has 6 heteroatoms. The van der Waals surface area contributed by atoms with Crippen LogP contribution >= 0.6 is 0 Å². The lowest BCUT2D eigenvalue weighted by atomic mass is 9.81. The summed E-state index contributed by atoms with van der Waals surface area (Å²) in [6.45, 7) is 5.97. The molecule has 0 aromatic carbocycles. The lowest BCUT2D eigenvalue weighted by Gasteiger charge is -2.41. The van der Waals surface area contributed by atoms with Gasteiger partial charge < -0.3 is 10.0 Å². The van der Waals surface area contributed by atoms with Crippen LogP contribution < -0.4 is 0 Å². The minimum Gasteiger partial charge on any atom is -0.481 e. The van der Waals surface area contributed by atoms with Crippen molar-refractivity contribution >= 4 is 22.7 Å². The van der Waals surface area contributed by atoms with Gasteiger partial charge in [-0.15, -0.1) is 0 Å². The van der Waals surface area contributed by atoms with Crippen LogP contribution in [0.4, 0.5) is 0 Å². The fourth-order valence-electron chi connectivity index (χ4n) is 2.68. The van der Waals surface area contributed by atoms with Gasteiger partial charge in [0.15, 0.2) is 0 Å². The number of hydrogen-bond acceptors (Lipinski definition) is 3. The van der Waals surface area contributed by atoms with E-state index in [2.05, 4.69) is 0 Å². The maximum atomic E-state index is 12.0. The third-order valence-corrected chi connectivity index (χ3v) is 5.44. The molecule has 5 nitrogen and oxygen atoms in total. The lowest BCUT2D eigenvalue weighted by Crippen LogP contribution is -2.53. The van der Waals surface area contributed by atoms with Crippen LogP contribution in [0.2, 0.25) is 0 Å². The van der Waals surface area contributed by atoms with Gasteiger partial charge in [0.2, 0.25) is 5.91 Å². The van der Waals surface area contributed by atoms with E-state index in [4.69, 9.17) is 0 Å². The minimum absolute atomic E-state index is 0.00610. The molecule has 1 fully saturated rings. The topological polar surface area (TPSA) is 74.7 Å². The van der Waals surface area contributed by atoms with Crippen molar-refractivity contribution in [1.29, 1.82) is 0 Å². The molecule has 5 atom stereocenters. The quantitative estimate of drug-likeness (QED) is 0.822. The smallest absolute Gasteiger partial charge is 0.308 e.